The van der Waals surface area contributed by atoms with Crippen molar-refractivity contribution in [1.82, 2.24) is 9.88 Å². The van der Waals surface area contributed by atoms with E-state index in [1.165, 1.54) is 12.7 Å². The number of methoxy groups -OCH3 is 1. The summed E-state index contributed by atoms with van der Waals surface area (Å²) in [4.78, 5) is 21.1. The lowest BCUT2D eigenvalue weighted by Gasteiger charge is -2.35. The number of carbonyl (C=O) groups is 1. The smallest absolute Gasteiger partial charge is 0.233 e. The van der Waals surface area contributed by atoms with E-state index in [0.29, 0.717) is 24.5 Å². The zero-order chi connectivity index (χ0) is 18.0. The summed E-state index contributed by atoms with van der Waals surface area (Å²) in [6.45, 7) is 6.15. The fraction of sp³-hybridized carbons (Fsp3) is 0.526. The highest BCUT2D eigenvalue weighted by Crippen LogP contribution is 2.34. The molecule has 2 bridgehead atoms. The number of hydrogen-bond donors (Lipinski definition) is 0. The van der Waals surface area contributed by atoms with E-state index in [9.17, 15) is 10.1 Å². The molecule has 0 aliphatic carbocycles. The third kappa shape index (κ3) is 3.32. The van der Waals surface area contributed by atoms with Crippen LogP contribution in [0.1, 0.15) is 32.3 Å². The van der Waals surface area contributed by atoms with Gasteiger partial charge < -0.3 is 14.5 Å². The predicted octanol–water partition coefficient (Wildman–Crippen LogP) is 2.36. The van der Waals surface area contributed by atoms with Crippen LogP contribution in [0.2, 0.25) is 0 Å². The topological polar surface area (TPSA) is 69.5 Å². The van der Waals surface area contributed by atoms with E-state index in [2.05, 4.69) is 35.9 Å². The summed E-state index contributed by atoms with van der Waals surface area (Å²) in [7, 11) is 1.52. The molecule has 4 heterocycles. The number of allylic oxidation sites excluding steroid dienone is 1. The average Bonchev–Trinajstić information content (AvgIpc) is 2.90. The average molecular weight is 340 g/mol. The number of aromatic nitrogens is 1. The number of nitriles is 1. The van der Waals surface area contributed by atoms with Gasteiger partial charge in [0.2, 0.25) is 11.8 Å². The number of pyridine rings is 1. The zero-order valence-corrected chi connectivity index (χ0v) is 15.0. The van der Waals surface area contributed by atoms with Crippen molar-refractivity contribution in [1.29, 1.82) is 5.26 Å². The van der Waals surface area contributed by atoms with Gasteiger partial charge in [-0.3, -0.25) is 4.79 Å². The van der Waals surface area contributed by atoms with Crippen molar-refractivity contribution in [2.75, 3.05) is 31.6 Å². The maximum absolute atomic E-state index is 12.8. The third-order valence-corrected chi connectivity index (χ3v) is 5.03. The second kappa shape index (κ2) is 7.14. The number of nitrogens with zero attached hydrogens (tertiary/aromatic N) is 4. The Hall–Kier alpha value is -2.55. The third-order valence-electron chi connectivity index (χ3n) is 5.03. The first-order valence-corrected chi connectivity index (χ1v) is 8.67. The Morgan fingerprint density at radius 3 is 2.92 bits per heavy atom. The summed E-state index contributed by atoms with van der Waals surface area (Å²) >= 11 is 0. The molecule has 1 aromatic heterocycles. The molecule has 25 heavy (non-hydrogen) atoms. The minimum absolute atomic E-state index is 0.0185. The molecule has 3 saturated heterocycles. The van der Waals surface area contributed by atoms with Crippen molar-refractivity contribution >= 4 is 11.6 Å². The molecular weight excluding hydrogens is 316 g/mol. The van der Waals surface area contributed by atoms with Crippen molar-refractivity contribution in [2.45, 2.75) is 32.7 Å². The maximum atomic E-state index is 12.8. The van der Waals surface area contributed by atoms with Gasteiger partial charge in [-0.05, 0) is 32.8 Å². The Bertz CT molecular complexity index is 733. The molecule has 0 N–H and O–H groups in total. The van der Waals surface area contributed by atoms with Gasteiger partial charge in [-0.1, -0.05) is 11.6 Å². The van der Waals surface area contributed by atoms with Crippen LogP contribution in [0, 0.1) is 17.2 Å². The minimum atomic E-state index is -0.0185. The zero-order valence-electron chi connectivity index (χ0n) is 15.0. The summed E-state index contributed by atoms with van der Waals surface area (Å²) < 4.78 is 5.23. The maximum Gasteiger partial charge on any atom is 0.233 e. The van der Waals surface area contributed by atoms with Gasteiger partial charge in [0.05, 0.1) is 18.7 Å². The quantitative estimate of drug-likeness (QED) is 0.787. The normalized spacial score (nSPS) is 22.4. The van der Waals surface area contributed by atoms with E-state index in [0.717, 1.165) is 25.1 Å². The van der Waals surface area contributed by atoms with Gasteiger partial charge in [-0.2, -0.15) is 5.26 Å². The Kier molecular flexibility index (Phi) is 4.93. The summed E-state index contributed by atoms with van der Waals surface area (Å²) in [6, 6.07) is 4.23. The van der Waals surface area contributed by atoms with Crippen molar-refractivity contribution in [3.63, 3.8) is 0 Å². The van der Waals surface area contributed by atoms with Crippen molar-refractivity contribution < 1.29 is 9.53 Å². The Morgan fingerprint density at radius 2 is 2.24 bits per heavy atom. The molecule has 0 spiro atoms. The van der Waals surface area contributed by atoms with E-state index >= 15 is 0 Å². The molecule has 2 atom stereocenters. The fourth-order valence-corrected chi connectivity index (χ4v) is 3.71. The lowest BCUT2D eigenvalue weighted by molar-refractivity contribution is -0.139. The number of fused-ring (bicyclic) bond motifs is 4. The van der Waals surface area contributed by atoms with Gasteiger partial charge in [0.1, 0.15) is 11.6 Å². The van der Waals surface area contributed by atoms with E-state index in [4.69, 9.17) is 4.74 Å². The number of anilines is 1. The molecule has 1 amide bonds. The molecule has 0 saturated carbocycles. The Labute approximate surface area is 148 Å². The predicted molar refractivity (Wildman–Crippen MR) is 95.4 cm³/mol. The highest BCUT2D eigenvalue weighted by molar-refractivity contribution is 5.82. The summed E-state index contributed by atoms with van der Waals surface area (Å²) in [5.41, 5.74) is 2.47. The van der Waals surface area contributed by atoms with Crippen LogP contribution in [0.5, 0.6) is 5.88 Å². The van der Waals surface area contributed by atoms with Crippen LogP contribution in [0.25, 0.3) is 0 Å². The second-order valence-corrected chi connectivity index (χ2v) is 6.93. The summed E-state index contributed by atoms with van der Waals surface area (Å²) in [5.74, 6) is 0.551. The first-order chi connectivity index (χ1) is 12.0. The summed E-state index contributed by atoms with van der Waals surface area (Å²) in [5, 5.41) is 9.55. The van der Waals surface area contributed by atoms with Crippen LogP contribution in [0.3, 0.4) is 0 Å². The molecule has 1 aromatic rings. The van der Waals surface area contributed by atoms with Gasteiger partial charge in [0.15, 0.2) is 0 Å². The Balaban J connectivity index is 1.92. The highest BCUT2D eigenvalue weighted by Gasteiger charge is 2.40. The molecule has 6 heteroatoms. The first kappa shape index (κ1) is 17.3. The lowest BCUT2D eigenvalue weighted by Crippen LogP contribution is -2.47. The fourth-order valence-electron chi connectivity index (χ4n) is 3.71. The second-order valence-electron chi connectivity index (χ2n) is 6.93. The number of ether oxygens (including phenoxy) is 1. The van der Waals surface area contributed by atoms with Gasteiger partial charge in [-0.15, -0.1) is 0 Å². The molecule has 132 valence electrons. The molecule has 3 aliphatic rings. The minimum Gasteiger partial charge on any atom is -0.480 e. The van der Waals surface area contributed by atoms with Gasteiger partial charge in [-0.25, -0.2) is 4.98 Å². The summed E-state index contributed by atoms with van der Waals surface area (Å²) in [6.07, 6.45) is 5.69. The van der Waals surface area contributed by atoms with Gasteiger partial charge in [0, 0.05) is 31.9 Å². The molecule has 0 aromatic carbocycles. The standard InChI is InChI=1S/C19H24N4O2/c1-13(2)7-9-23-15-5-4-14(19(23)24)11-22(12-15)17-6-8-21-18(25-3)16(17)10-20/h6-8,14-15H,4-5,9,11-12H2,1-3H3/t14-,15+/m0/s1. The largest absolute Gasteiger partial charge is 0.480 e. The van der Waals surface area contributed by atoms with E-state index in [1.807, 2.05) is 11.0 Å². The number of rotatable bonds is 4. The molecule has 3 fully saturated rings. The SMILES string of the molecule is COc1nccc(N2C[C@@H]3CC[C@H](C2)N(CC=C(C)C)C3=O)c1C#N. The highest BCUT2D eigenvalue weighted by atomic mass is 16.5. The molecule has 3 aliphatic heterocycles. The van der Waals surface area contributed by atoms with E-state index in [-0.39, 0.29) is 17.9 Å². The van der Waals surface area contributed by atoms with Crippen LogP contribution < -0.4 is 9.64 Å². The molecule has 0 unspecified atom stereocenters. The molecule has 4 rings (SSSR count). The lowest BCUT2D eigenvalue weighted by atomic mass is 9.94. The monoisotopic (exact) mass is 340 g/mol. The van der Waals surface area contributed by atoms with Crippen molar-refractivity contribution in [3.05, 3.63) is 29.5 Å². The Morgan fingerprint density at radius 1 is 1.44 bits per heavy atom. The number of piperidine rings is 1. The van der Waals surface area contributed by atoms with Crippen LogP contribution in [0.15, 0.2) is 23.9 Å². The molecule has 6 nitrogen and oxygen atoms in total. The van der Waals surface area contributed by atoms with Gasteiger partial charge in [0.25, 0.3) is 0 Å². The van der Waals surface area contributed by atoms with Crippen molar-refractivity contribution in [3.8, 4) is 11.9 Å². The number of carbonyl (C=O) groups excluding carboxylic acids is 1. The van der Waals surface area contributed by atoms with Crippen LogP contribution in [0.4, 0.5) is 5.69 Å². The van der Waals surface area contributed by atoms with Crippen LogP contribution in [-0.2, 0) is 4.79 Å². The van der Waals surface area contributed by atoms with Gasteiger partial charge >= 0.3 is 0 Å². The van der Waals surface area contributed by atoms with Crippen LogP contribution >= 0.6 is 0 Å². The first-order valence-electron chi connectivity index (χ1n) is 8.67. The van der Waals surface area contributed by atoms with E-state index in [1.54, 1.807) is 6.20 Å². The van der Waals surface area contributed by atoms with Crippen LogP contribution in [-0.4, -0.2) is 48.6 Å². The molecule has 0 radical (unpaired) electrons. The number of hydrogen-bond acceptors (Lipinski definition) is 5. The van der Waals surface area contributed by atoms with Crippen molar-refractivity contribution in [2.24, 2.45) is 5.92 Å². The molecular formula is C19H24N4O2. The van der Waals surface area contributed by atoms with E-state index < -0.39 is 0 Å². The number of amides is 1.